The lowest BCUT2D eigenvalue weighted by atomic mass is 9.97. The van der Waals surface area contributed by atoms with Crippen molar-refractivity contribution in [3.05, 3.63) is 34.9 Å². The largest absolute Gasteiger partial charge is 0.392 e. The minimum Gasteiger partial charge on any atom is -0.392 e. The first-order valence-corrected chi connectivity index (χ1v) is 7.32. The van der Waals surface area contributed by atoms with Crippen LogP contribution in [-0.4, -0.2) is 40.3 Å². The second kappa shape index (κ2) is 6.71. The van der Waals surface area contributed by atoms with Crippen LogP contribution in [0.4, 0.5) is 0 Å². The van der Waals surface area contributed by atoms with Crippen LogP contribution in [-0.2, 0) is 0 Å². The average Bonchev–Trinajstić information content (AvgIpc) is 2.39. The first-order valence-electron chi connectivity index (χ1n) is 6.94. The van der Waals surface area contributed by atoms with E-state index >= 15 is 0 Å². The summed E-state index contributed by atoms with van der Waals surface area (Å²) in [6.45, 7) is 3.28. The number of rotatable bonds is 4. The second-order valence-electron chi connectivity index (χ2n) is 5.34. The van der Waals surface area contributed by atoms with Gasteiger partial charge in [-0.15, -0.1) is 0 Å². The summed E-state index contributed by atoms with van der Waals surface area (Å²) in [4.78, 5) is 2.18. The first-order chi connectivity index (χ1) is 9.09. The molecule has 0 radical (unpaired) electrons. The van der Waals surface area contributed by atoms with E-state index in [1.165, 1.54) is 0 Å². The molecule has 0 amide bonds. The molecule has 106 valence electrons. The Labute approximate surface area is 119 Å². The van der Waals surface area contributed by atoms with E-state index in [2.05, 4.69) is 4.90 Å². The van der Waals surface area contributed by atoms with Crippen LogP contribution in [0.15, 0.2) is 24.3 Å². The van der Waals surface area contributed by atoms with Gasteiger partial charge in [-0.3, -0.25) is 4.90 Å². The molecule has 2 rings (SSSR count). The highest BCUT2D eigenvalue weighted by Crippen LogP contribution is 2.26. The van der Waals surface area contributed by atoms with E-state index in [-0.39, 0.29) is 12.1 Å². The van der Waals surface area contributed by atoms with Gasteiger partial charge in [0, 0.05) is 23.2 Å². The molecule has 1 saturated heterocycles. The third kappa shape index (κ3) is 3.69. The summed E-state index contributed by atoms with van der Waals surface area (Å²) in [5.74, 6) is 0. The summed E-state index contributed by atoms with van der Waals surface area (Å²) in [6.07, 6.45) is 2.30. The van der Waals surface area contributed by atoms with Crippen molar-refractivity contribution in [1.29, 1.82) is 0 Å². The van der Waals surface area contributed by atoms with Crippen molar-refractivity contribution in [2.24, 2.45) is 0 Å². The fourth-order valence-corrected chi connectivity index (χ4v) is 3.12. The van der Waals surface area contributed by atoms with Crippen molar-refractivity contribution in [3.63, 3.8) is 0 Å². The van der Waals surface area contributed by atoms with Gasteiger partial charge in [0.15, 0.2) is 0 Å². The summed E-state index contributed by atoms with van der Waals surface area (Å²) in [7, 11) is 0. The average molecular weight is 284 g/mol. The molecular weight excluding hydrogens is 262 g/mol. The Hall–Kier alpha value is -0.610. The highest BCUT2D eigenvalue weighted by Gasteiger charge is 2.28. The second-order valence-corrected chi connectivity index (χ2v) is 5.74. The van der Waals surface area contributed by atoms with Crippen molar-refractivity contribution in [3.8, 4) is 0 Å². The van der Waals surface area contributed by atoms with Crippen molar-refractivity contribution in [2.45, 2.75) is 44.4 Å². The molecule has 2 N–H and O–H groups in total. The minimum absolute atomic E-state index is 0.144. The lowest BCUT2D eigenvalue weighted by molar-refractivity contribution is 0.00765. The Morgan fingerprint density at radius 1 is 1.32 bits per heavy atom. The number of hydrogen-bond acceptors (Lipinski definition) is 3. The van der Waals surface area contributed by atoms with Crippen LogP contribution in [0.5, 0.6) is 0 Å². The van der Waals surface area contributed by atoms with Crippen LogP contribution in [0.3, 0.4) is 0 Å². The standard InChI is InChI=1S/C15H22ClNO2/c1-11(18)14-8-4-5-9-17(14)10-15(19)12-6-2-3-7-13(12)16/h2-3,6-7,11,14-15,18-19H,4-5,8-10H2,1H3. The zero-order valence-corrected chi connectivity index (χ0v) is 12.1. The summed E-state index contributed by atoms with van der Waals surface area (Å²) >= 11 is 6.11. The van der Waals surface area contributed by atoms with Gasteiger partial charge in [0.2, 0.25) is 0 Å². The van der Waals surface area contributed by atoms with Gasteiger partial charge < -0.3 is 10.2 Å². The Morgan fingerprint density at radius 3 is 2.74 bits per heavy atom. The summed E-state index contributed by atoms with van der Waals surface area (Å²) in [6, 6.07) is 7.53. The summed E-state index contributed by atoms with van der Waals surface area (Å²) in [5, 5.41) is 20.8. The highest BCUT2D eigenvalue weighted by molar-refractivity contribution is 6.31. The maximum Gasteiger partial charge on any atom is 0.0931 e. The number of piperidine rings is 1. The Kier molecular flexibility index (Phi) is 5.22. The summed E-state index contributed by atoms with van der Waals surface area (Å²) in [5.41, 5.74) is 0.763. The molecule has 0 bridgehead atoms. The molecule has 3 nitrogen and oxygen atoms in total. The Bertz CT molecular complexity index is 411. The molecule has 1 aliphatic rings. The molecule has 1 aliphatic heterocycles. The number of likely N-dealkylation sites (tertiary alicyclic amines) is 1. The van der Waals surface area contributed by atoms with Gasteiger partial charge in [0.25, 0.3) is 0 Å². The molecular formula is C15H22ClNO2. The van der Waals surface area contributed by atoms with Gasteiger partial charge in [-0.2, -0.15) is 0 Å². The molecule has 3 unspecified atom stereocenters. The lowest BCUT2D eigenvalue weighted by Gasteiger charge is -2.38. The highest BCUT2D eigenvalue weighted by atomic mass is 35.5. The van der Waals surface area contributed by atoms with Crippen LogP contribution in [0, 0.1) is 0 Å². The Morgan fingerprint density at radius 2 is 2.05 bits per heavy atom. The van der Waals surface area contributed by atoms with Crippen LogP contribution >= 0.6 is 11.6 Å². The molecule has 1 heterocycles. The van der Waals surface area contributed by atoms with E-state index in [1.807, 2.05) is 25.1 Å². The van der Waals surface area contributed by atoms with Crippen LogP contribution < -0.4 is 0 Å². The molecule has 0 aliphatic carbocycles. The minimum atomic E-state index is -0.604. The van der Waals surface area contributed by atoms with Crippen molar-refractivity contribution in [2.75, 3.05) is 13.1 Å². The normalized spacial score (nSPS) is 24.1. The number of hydrogen-bond donors (Lipinski definition) is 2. The number of aliphatic hydroxyl groups excluding tert-OH is 2. The zero-order valence-electron chi connectivity index (χ0n) is 11.3. The fraction of sp³-hybridized carbons (Fsp3) is 0.600. The number of β-amino-alcohol motifs (C(OH)–C–C–N with tert-alkyl or cyclic N) is 1. The van der Waals surface area contributed by atoms with Crippen LogP contribution in [0.1, 0.15) is 37.9 Å². The van der Waals surface area contributed by atoms with E-state index in [1.54, 1.807) is 6.07 Å². The molecule has 3 atom stereocenters. The summed E-state index contributed by atoms with van der Waals surface area (Å²) < 4.78 is 0. The zero-order chi connectivity index (χ0) is 13.8. The molecule has 0 aromatic heterocycles. The first kappa shape index (κ1) is 14.8. The molecule has 4 heteroatoms. The van der Waals surface area contributed by atoms with Crippen molar-refractivity contribution < 1.29 is 10.2 Å². The lowest BCUT2D eigenvalue weighted by Crippen LogP contribution is -2.47. The van der Waals surface area contributed by atoms with Gasteiger partial charge in [0.1, 0.15) is 0 Å². The Balaban J connectivity index is 2.05. The fourth-order valence-electron chi connectivity index (χ4n) is 2.86. The molecule has 1 aromatic rings. The van der Waals surface area contributed by atoms with Crippen LogP contribution in [0.25, 0.3) is 0 Å². The van der Waals surface area contributed by atoms with Crippen LogP contribution in [0.2, 0.25) is 5.02 Å². The molecule has 1 fully saturated rings. The van der Waals surface area contributed by atoms with E-state index in [0.717, 1.165) is 31.4 Å². The van der Waals surface area contributed by atoms with Gasteiger partial charge in [-0.05, 0) is 32.4 Å². The number of halogens is 1. The number of aliphatic hydroxyl groups is 2. The van der Waals surface area contributed by atoms with Gasteiger partial charge in [-0.25, -0.2) is 0 Å². The van der Waals surface area contributed by atoms with E-state index in [4.69, 9.17) is 11.6 Å². The molecule has 19 heavy (non-hydrogen) atoms. The van der Waals surface area contributed by atoms with Gasteiger partial charge in [0.05, 0.1) is 12.2 Å². The van der Waals surface area contributed by atoms with Crippen molar-refractivity contribution >= 4 is 11.6 Å². The van der Waals surface area contributed by atoms with E-state index < -0.39 is 6.10 Å². The third-order valence-electron chi connectivity index (χ3n) is 3.89. The molecule has 0 saturated carbocycles. The predicted molar refractivity (Wildman–Crippen MR) is 77.3 cm³/mol. The smallest absolute Gasteiger partial charge is 0.0931 e. The van der Waals surface area contributed by atoms with Gasteiger partial charge >= 0.3 is 0 Å². The van der Waals surface area contributed by atoms with Crippen molar-refractivity contribution in [1.82, 2.24) is 4.90 Å². The molecule has 1 aromatic carbocycles. The monoisotopic (exact) mass is 283 g/mol. The maximum absolute atomic E-state index is 10.3. The third-order valence-corrected chi connectivity index (χ3v) is 4.24. The SMILES string of the molecule is CC(O)C1CCCCN1CC(O)c1ccccc1Cl. The topological polar surface area (TPSA) is 43.7 Å². The quantitative estimate of drug-likeness (QED) is 0.893. The number of benzene rings is 1. The molecule has 0 spiro atoms. The van der Waals surface area contributed by atoms with E-state index in [0.29, 0.717) is 11.6 Å². The van der Waals surface area contributed by atoms with Gasteiger partial charge in [-0.1, -0.05) is 36.2 Å². The predicted octanol–water partition coefficient (Wildman–Crippen LogP) is 2.61. The number of nitrogens with zero attached hydrogens (tertiary/aromatic N) is 1. The maximum atomic E-state index is 10.3. The van der Waals surface area contributed by atoms with E-state index in [9.17, 15) is 10.2 Å².